The molecule has 5 nitrogen and oxygen atoms in total. The van der Waals surface area contributed by atoms with Gasteiger partial charge in [-0.15, -0.1) is 0 Å². The maximum absolute atomic E-state index is 12.7. The molecule has 2 aromatic heterocycles. The van der Waals surface area contributed by atoms with Crippen LogP contribution in [0.4, 0.5) is 0 Å². The van der Waals surface area contributed by atoms with Crippen LogP contribution in [-0.4, -0.2) is 38.9 Å². The van der Waals surface area contributed by atoms with E-state index in [0.29, 0.717) is 5.92 Å². The SMILES string of the molecule is CN(C[C@@H]1CCn2ccnc2C1)C(=O)c1ccc2cc[nH]c2c1. The first-order valence-corrected chi connectivity index (χ1v) is 8.03. The molecule has 23 heavy (non-hydrogen) atoms. The fourth-order valence-corrected chi connectivity index (χ4v) is 3.44. The highest BCUT2D eigenvalue weighted by atomic mass is 16.2. The van der Waals surface area contributed by atoms with Crippen LogP contribution in [0.2, 0.25) is 0 Å². The Kier molecular flexibility index (Phi) is 3.41. The molecule has 3 heterocycles. The summed E-state index contributed by atoms with van der Waals surface area (Å²) < 4.78 is 2.21. The minimum atomic E-state index is 0.0791. The summed E-state index contributed by atoms with van der Waals surface area (Å²) in [6, 6.07) is 7.84. The van der Waals surface area contributed by atoms with Gasteiger partial charge in [0.2, 0.25) is 0 Å². The van der Waals surface area contributed by atoms with Gasteiger partial charge >= 0.3 is 0 Å². The molecular weight excluding hydrogens is 288 g/mol. The number of hydrogen-bond donors (Lipinski definition) is 1. The monoisotopic (exact) mass is 308 g/mol. The molecule has 3 aromatic rings. The van der Waals surface area contributed by atoms with Crippen LogP contribution < -0.4 is 0 Å². The number of carbonyl (C=O) groups is 1. The van der Waals surface area contributed by atoms with Crippen molar-refractivity contribution in [3.63, 3.8) is 0 Å². The number of aromatic nitrogens is 3. The normalized spacial score (nSPS) is 17.2. The molecule has 0 spiro atoms. The number of carbonyl (C=O) groups excluding carboxylic acids is 1. The second-order valence-electron chi connectivity index (χ2n) is 6.36. The van der Waals surface area contributed by atoms with Crippen molar-refractivity contribution in [2.24, 2.45) is 5.92 Å². The molecule has 118 valence electrons. The Morgan fingerprint density at radius 2 is 2.35 bits per heavy atom. The number of hydrogen-bond acceptors (Lipinski definition) is 2. The number of nitrogens with zero attached hydrogens (tertiary/aromatic N) is 3. The Balaban J connectivity index is 1.46. The van der Waals surface area contributed by atoms with Gasteiger partial charge in [-0.05, 0) is 35.9 Å². The van der Waals surface area contributed by atoms with Gasteiger partial charge in [-0.25, -0.2) is 4.98 Å². The summed E-state index contributed by atoms with van der Waals surface area (Å²) in [6.45, 7) is 1.77. The van der Waals surface area contributed by atoms with Crippen LogP contribution >= 0.6 is 0 Å². The van der Waals surface area contributed by atoms with E-state index >= 15 is 0 Å². The third-order valence-electron chi connectivity index (χ3n) is 4.73. The van der Waals surface area contributed by atoms with Crippen molar-refractivity contribution in [3.05, 3.63) is 54.2 Å². The molecule has 1 N–H and O–H groups in total. The van der Waals surface area contributed by atoms with Crippen molar-refractivity contribution in [1.29, 1.82) is 0 Å². The van der Waals surface area contributed by atoms with Gasteiger partial charge in [0.05, 0.1) is 0 Å². The van der Waals surface area contributed by atoms with E-state index in [1.165, 1.54) is 0 Å². The highest BCUT2D eigenvalue weighted by Gasteiger charge is 2.22. The zero-order valence-corrected chi connectivity index (χ0v) is 13.2. The molecule has 1 aliphatic rings. The van der Waals surface area contributed by atoms with E-state index in [1.807, 2.05) is 54.8 Å². The molecule has 1 aromatic carbocycles. The van der Waals surface area contributed by atoms with Gasteiger partial charge in [0, 0.05) is 56.2 Å². The molecule has 5 heteroatoms. The molecule has 1 amide bonds. The lowest BCUT2D eigenvalue weighted by molar-refractivity contribution is 0.0764. The topological polar surface area (TPSA) is 53.9 Å². The van der Waals surface area contributed by atoms with Gasteiger partial charge in [0.25, 0.3) is 5.91 Å². The Bertz CT molecular complexity index is 847. The largest absolute Gasteiger partial charge is 0.361 e. The molecule has 0 fully saturated rings. The Morgan fingerprint density at radius 1 is 1.43 bits per heavy atom. The van der Waals surface area contributed by atoms with Crippen molar-refractivity contribution in [1.82, 2.24) is 19.4 Å². The zero-order valence-electron chi connectivity index (χ0n) is 13.2. The molecule has 4 rings (SSSR count). The average molecular weight is 308 g/mol. The summed E-state index contributed by atoms with van der Waals surface area (Å²) >= 11 is 0. The molecule has 0 radical (unpaired) electrons. The number of benzene rings is 1. The van der Waals surface area contributed by atoms with Gasteiger partial charge in [-0.1, -0.05) is 6.07 Å². The fourth-order valence-electron chi connectivity index (χ4n) is 3.44. The highest BCUT2D eigenvalue weighted by Crippen LogP contribution is 2.21. The minimum absolute atomic E-state index is 0.0791. The summed E-state index contributed by atoms with van der Waals surface area (Å²) in [7, 11) is 1.89. The number of H-pyrrole nitrogens is 1. The van der Waals surface area contributed by atoms with E-state index in [0.717, 1.165) is 48.2 Å². The molecule has 0 bridgehead atoms. The highest BCUT2D eigenvalue weighted by molar-refractivity contribution is 5.97. The van der Waals surface area contributed by atoms with Crippen LogP contribution in [0.5, 0.6) is 0 Å². The summed E-state index contributed by atoms with van der Waals surface area (Å²) in [5.74, 6) is 1.69. The predicted octanol–water partition coefficient (Wildman–Crippen LogP) is 2.70. The first-order valence-electron chi connectivity index (χ1n) is 8.03. The van der Waals surface area contributed by atoms with E-state index in [9.17, 15) is 4.79 Å². The van der Waals surface area contributed by atoms with Crippen LogP contribution in [0.3, 0.4) is 0 Å². The number of rotatable bonds is 3. The third kappa shape index (κ3) is 2.63. The van der Waals surface area contributed by atoms with Crippen molar-refractivity contribution < 1.29 is 4.79 Å². The van der Waals surface area contributed by atoms with Crippen LogP contribution in [0, 0.1) is 5.92 Å². The van der Waals surface area contributed by atoms with Crippen LogP contribution in [-0.2, 0) is 13.0 Å². The van der Waals surface area contributed by atoms with E-state index in [2.05, 4.69) is 14.5 Å². The predicted molar refractivity (Wildman–Crippen MR) is 89.3 cm³/mol. The number of imidazole rings is 1. The second-order valence-corrected chi connectivity index (χ2v) is 6.36. The number of aryl methyl sites for hydroxylation is 1. The lowest BCUT2D eigenvalue weighted by atomic mass is 9.97. The quantitative estimate of drug-likeness (QED) is 0.809. The molecule has 0 aliphatic carbocycles. The van der Waals surface area contributed by atoms with E-state index in [4.69, 9.17) is 0 Å². The molecule has 1 atom stereocenters. The first kappa shape index (κ1) is 14.1. The van der Waals surface area contributed by atoms with Crippen molar-refractivity contribution in [2.75, 3.05) is 13.6 Å². The molecular formula is C18H20N4O. The fraction of sp³-hybridized carbons (Fsp3) is 0.333. The first-order chi connectivity index (χ1) is 11.2. The van der Waals surface area contributed by atoms with Crippen LogP contribution in [0.15, 0.2) is 42.9 Å². The Labute approximate surface area is 134 Å². The second kappa shape index (κ2) is 5.57. The van der Waals surface area contributed by atoms with Crippen LogP contribution in [0.25, 0.3) is 10.9 Å². The maximum Gasteiger partial charge on any atom is 0.253 e. The smallest absolute Gasteiger partial charge is 0.253 e. The Morgan fingerprint density at radius 3 is 3.26 bits per heavy atom. The van der Waals surface area contributed by atoms with Gasteiger partial charge < -0.3 is 14.5 Å². The number of fused-ring (bicyclic) bond motifs is 2. The summed E-state index contributed by atoms with van der Waals surface area (Å²) in [6.07, 6.45) is 7.83. The number of amides is 1. The summed E-state index contributed by atoms with van der Waals surface area (Å²) in [4.78, 5) is 22.1. The number of nitrogens with one attached hydrogen (secondary N) is 1. The lowest BCUT2D eigenvalue weighted by Gasteiger charge is -2.28. The molecule has 0 unspecified atom stereocenters. The Hall–Kier alpha value is -2.56. The standard InChI is InChI=1S/C18H20N4O/c1-21(12-13-5-8-22-9-7-20-17(22)10-13)18(23)15-3-2-14-4-6-19-16(14)11-15/h2-4,6-7,9,11,13,19H,5,8,10,12H2,1H3/t13-/m1/s1. The average Bonchev–Trinajstić information content (AvgIpc) is 3.21. The van der Waals surface area contributed by atoms with Gasteiger partial charge in [0.15, 0.2) is 0 Å². The number of aromatic amines is 1. The van der Waals surface area contributed by atoms with Crippen LogP contribution in [0.1, 0.15) is 22.6 Å². The molecule has 0 saturated carbocycles. The van der Waals surface area contributed by atoms with E-state index < -0.39 is 0 Å². The van der Waals surface area contributed by atoms with Gasteiger partial charge in [-0.3, -0.25) is 4.79 Å². The summed E-state index contributed by atoms with van der Waals surface area (Å²) in [5.41, 5.74) is 1.74. The maximum atomic E-state index is 12.7. The lowest BCUT2D eigenvalue weighted by Crippen LogP contribution is -2.35. The van der Waals surface area contributed by atoms with E-state index in [1.54, 1.807) is 0 Å². The molecule has 1 aliphatic heterocycles. The van der Waals surface area contributed by atoms with E-state index in [-0.39, 0.29) is 5.91 Å². The zero-order chi connectivity index (χ0) is 15.8. The van der Waals surface area contributed by atoms with Crippen molar-refractivity contribution in [3.8, 4) is 0 Å². The third-order valence-corrected chi connectivity index (χ3v) is 4.73. The molecule has 0 saturated heterocycles. The van der Waals surface area contributed by atoms with Crippen molar-refractivity contribution in [2.45, 2.75) is 19.4 Å². The van der Waals surface area contributed by atoms with Gasteiger partial charge in [0.1, 0.15) is 5.82 Å². The minimum Gasteiger partial charge on any atom is -0.361 e. The van der Waals surface area contributed by atoms with Crippen molar-refractivity contribution >= 4 is 16.8 Å². The summed E-state index contributed by atoms with van der Waals surface area (Å²) in [5, 5.41) is 1.13. The van der Waals surface area contributed by atoms with Gasteiger partial charge in [-0.2, -0.15) is 0 Å².